The monoisotopic (exact) mass is 205 g/mol. The molecule has 2 rings (SSSR count). The van der Waals surface area contributed by atoms with E-state index < -0.39 is 12.0 Å². The van der Waals surface area contributed by atoms with Crippen LogP contribution in [0.25, 0.3) is 0 Å². The lowest BCUT2D eigenvalue weighted by Crippen LogP contribution is -2.55. The molecule has 0 saturated carbocycles. The number of likely N-dealkylation sites (tertiary alicyclic amines) is 1. The van der Waals surface area contributed by atoms with Crippen LogP contribution in [-0.2, 0) is 16.1 Å². The lowest BCUT2D eigenvalue weighted by Gasteiger charge is -2.37. The first-order valence-corrected chi connectivity index (χ1v) is 4.74. The molecule has 1 saturated heterocycles. The average molecular weight is 205 g/mol. The first kappa shape index (κ1) is 9.71. The van der Waals surface area contributed by atoms with Crippen LogP contribution in [0.1, 0.15) is 12.0 Å². The van der Waals surface area contributed by atoms with Gasteiger partial charge in [0, 0.05) is 6.54 Å². The molecule has 4 nitrogen and oxygen atoms in total. The Morgan fingerprint density at radius 3 is 2.60 bits per heavy atom. The van der Waals surface area contributed by atoms with Crippen molar-refractivity contribution in [3.05, 3.63) is 35.9 Å². The van der Waals surface area contributed by atoms with Crippen LogP contribution in [0.15, 0.2) is 30.3 Å². The summed E-state index contributed by atoms with van der Waals surface area (Å²) in [5.74, 6) is -1.02. The average Bonchev–Trinajstić information content (AvgIpc) is 2.23. The van der Waals surface area contributed by atoms with Gasteiger partial charge in [-0.25, -0.2) is 4.79 Å². The molecule has 1 aliphatic heterocycles. The van der Waals surface area contributed by atoms with Gasteiger partial charge in [-0.15, -0.1) is 0 Å². The highest BCUT2D eigenvalue weighted by molar-refractivity contribution is 5.94. The van der Waals surface area contributed by atoms with Crippen LogP contribution in [0.2, 0.25) is 0 Å². The van der Waals surface area contributed by atoms with Gasteiger partial charge < -0.3 is 10.0 Å². The van der Waals surface area contributed by atoms with Crippen LogP contribution in [0.4, 0.5) is 0 Å². The fourth-order valence-electron chi connectivity index (χ4n) is 1.65. The topological polar surface area (TPSA) is 57.6 Å². The molecule has 0 spiro atoms. The minimum atomic E-state index is -0.925. The fourth-order valence-corrected chi connectivity index (χ4v) is 1.65. The second kappa shape index (κ2) is 3.73. The van der Waals surface area contributed by atoms with E-state index >= 15 is 0 Å². The van der Waals surface area contributed by atoms with Crippen molar-refractivity contribution in [3.8, 4) is 0 Å². The molecule has 15 heavy (non-hydrogen) atoms. The maximum Gasteiger partial charge on any atom is 0.326 e. The standard InChI is InChI=1S/C11H11NO3/c13-10-6-9(11(14)15)12(10)7-8-4-2-1-3-5-8/h1-5,9H,6-7H2,(H,14,15)/t9-/m1/s1. The van der Waals surface area contributed by atoms with Gasteiger partial charge >= 0.3 is 5.97 Å². The smallest absolute Gasteiger partial charge is 0.326 e. The highest BCUT2D eigenvalue weighted by Crippen LogP contribution is 2.22. The molecular formula is C11H11NO3. The molecule has 0 unspecified atom stereocenters. The molecule has 78 valence electrons. The van der Waals surface area contributed by atoms with E-state index in [0.29, 0.717) is 6.54 Å². The van der Waals surface area contributed by atoms with E-state index in [1.54, 1.807) is 0 Å². The Kier molecular flexibility index (Phi) is 2.41. The van der Waals surface area contributed by atoms with E-state index in [1.807, 2.05) is 30.3 Å². The molecule has 1 aliphatic rings. The maximum atomic E-state index is 11.2. The van der Waals surface area contributed by atoms with E-state index in [9.17, 15) is 9.59 Å². The van der Waals surface area contributed by atoms with Gasteiger partial charge in [0.25, 0.3) is 0 Å². The normalized spacial score (nSPS) is 19.9. The van der Waals surface area contributed by atoms with Crippen LogP contribution >= 0.6 is 0 Å². The highest BCUT2D eigenvalue weighted by Gasteiger charge is 2.40. The molecule has 1 N–H and O–H groups in total. The highest BCUT2D eigenvalue weighted by atomic mass is 16.4. The third-order valence-corrected chi connectivity index (χ3v) is 2.55. The molecule has 0 bridgehead atoms. The minimum absolute atomic E-state index is 0.0914. The number of carbonyl (C=O) groups is 2. The zero-order valence-corrected chi connectivity index (χ0v) is 8.09. The van der Waals surface area contributed by atoms with Gasteiger partial charge in [0.15, 0.2) is 0 Å². The number of carboxylic acids is 1. The molecule has 1 fully saturated rings. The number of β-lactam (4-membered cyclic amide) rings is 1. The Labute approximate surface area is 87.1 Å². The summed E-state index contributed by atoms with van der Waals surface area (Å²) in [5, 5.41) is 8.81. The van der Waals surface area contributed by atoms with Crippen LogP contribution < -0.4 is 0 Å². The van der Waals surface area contributed by atoms with Gasteiger partial charge in [-0.05, 0) is 5.56 Å². The van der Waals surface area contributed by atoms with Gasteiger partial charge in [-0.2, -0.15) is 0 Å². The van der Waals surface area contributed by atoms with Crippen molar-refractivity contribution in [2.45, 2.75) is 19.0 Å². The Morgan fingerprint density at radius 2 is 2.07 bits per heavy atom. The van der Waals surface area contributed by atoms with E-state index in [-0.39, 0.29) is 12.3 Å². The predicted molar refractivity (Wildman–Crippen MR) is 53.0 cm³/mol. The number of aliphatic carboxylic acids is 1. The zero-order chi connectivity index (χ0) is 10.8. The van der Waals surface area contributed by atoms with Gasteiger partial charge in [0.05, 0.1) is 6.42 Å². The molecule has 0 aromatic heterocycles. The summed E-state index contributed by atoms with van der Waals surface area (Å²) < 4.78 is 0. The lowest BCUT2D eigenvalue weighted by molar-refractivity contribution is -0.162. The number of carbonyl (C=O) groups excluding carboxylic acids is 1. The lowest BCUT2D eigenvalue weighted by atomic mass is 10.0. The largest absolute Gasteiger partial charge is 0.480 e. The number of benzene rings is 1. The third kappa shape index (κ3) is 1.83. The first-order valence-electron chi connectivity index (χ1n) is 4.74. The maximum absolute atomic E-state index is 11.2. The zero-order valence-electron chi connectivity index (χ0n) is 8.09. The predicted octanol–water partition coefficient (Wildman–Crippen LogP) is 0.872. The number of carboxylic acid groups (broad SMARTS) is 1. The van der Waals surface area contributed by atoms with Crippen LogP contribution in [0.5, 0.6) is 0 Å². The van der Waals surface area contributed by atoms with Crippen LogP contribution in [0, 0.1) is 0 Å². The van der Waals surface area contributed by atoms with Crippen LogP contribution in [-0.4, -0.2) is 27.9 Å². The Bertz CT molecular complexity index is 388. The molecule has 1 heterocycles. The van der Waals surface area contributed by atoms with Gasteiger partial charge in [0.1, 0.15) is 6.04 Å². The van der Waals surface area contributed by atoms with Crippen molar-refractivity contribution in [2.24, 2.45) is 0 Å². The quantitative estimate of drug-likeness (QED) is 0.745. The third-order valence-electron chi connectivity index (χ3n) is 2.55. The second-order valence-electron chi connectivity index (χ2n) is 3.57. The van der Waals surface area contributed by atoms with E-state index in [2.05, 4.69) is 0 Å². The van der Waals surface area contributed by atoms with Crippen molar-refractivity contribution < 1.29 is 14.7 Å². The number of amides is 1. The van der Waals surface area contributed by atoms with Crippen LogP contribution in [0.3, 0.4) is 0 Å². The van der Waals surface area contributed by atoms with Crippen molar-refractivity contribution in [3.63, 3.8) is 0 Å². The van der Waals surface area contributed by atoms with E-state index in [1.165, 1.54) is 4.90 Å². The summed E-state index contributed by atoms with van der Waals surface area (Å²) in [6, 6.07) is 8.74. The minimum Gasteiger partial charge on any atom is -0.480 e. The van der Waals surface area contributed by atoms with Crippen molar-refractivity contribution >= 4 is 11.9 Å². The fraction of sp³-hybridized carbons (Fsp3) is 0.273. The Morgan fingerprint density at radius 1 is 1.40 bits per heavy atom. The molecule has 0 radical (unpaired) electrons. The van der Waals surface area contributed by atoms with Crippen molar-refractivity contribution in [1.82, 2.24) is 4.90 Å². The summed E-state index contributed by atoms with van der Waals surface area (Å²) in [6.07, 6.45) is 0.127. The van der Waals surface area contributed by atoms with Crippen molar-refractivity contribution in [1.29, 1.82) is 0 Å². The summed E-state index contributed by atoms with van der Waals surface area (Å²) in [4.78, 5) is 23.3. The number of rotatable bonds is 3. The molecule has 0 aliphatic carbocycles. The van der Waals surface area contributed by atoms with Crippen molar-refractivity contribution in [2.75, 3.05) is 0 Å². The van der Waals surface area contributed by atoms with Gasteiger partial charge in [-0.1, -0.05) is 30.3 Å². The van der Waals surface area contributed by atoms with E-state index in [0.717, 1.165) is 5.56 Å². The van der Waals surface area contributed by atoms with Gasteiger partial charge in [0.2, 0.25) is 5.91 Å². The number of hydrogen-bond acceptors (Lipinski definition) is 2. The molecule has 1 amide bonds. The SMILES string of the molecule is O=C(O)[C@H]1CC(=O)N1Cc1ccccc1. The second-order valence-corrected chi connectivity index (χ2v) is 3.57. The Balaban J connectivity index is 2.06. The molecule has 1 aromatic rings. The van der Waals surface area contributed by atoms with E-state index in [4.69, 9.17) is 5.11 Å². The molecular weight excluding hydrogens is 194 g/mol. The number of nitrogens with zero attached hydrogens (tertiary/aromatic N) is 1. The number of hydrogen-bond donors (Lipinski definition) is 1. The summed E-state index contributed by atoms with van der Waals surface area (Å²) in [6.45, 7) is 0.386. The molecule has 4 heteroatoms. The molecule has 1 aromatic carbocycles. The summed E-state index contributed by atoms with van der Waals surface area (Å²) >= 11 is 0. The van der Waals surface area contributed by atoms with Gasteiger partial charge in [-0.3, -0.25) is 4.79 Å². The molecule has 1 atom stereocenters. The summed E-state index contributed by atoms with van der Waals surface area (Å²) in [5.41, 5.74) is 0.955. The first-order chi connectivity index (χ1) is 7.18. The summed E-state index contributed by atoms with van der Waals surface area (Å²) in [7, 11) is 0. The Hall–Kier alpha value is -1.84.